The molecule has 1 N–H and O–H groups in total. The zero-order chi connectivity index (χ0) is 23.4. The van der Waals surface area contributed by atoms with Gasteiger partial charge in [0.05, 0.1) is 17.6 Å². The summed E-state index contributed by atoms with van der Waals surface area (Å²) in [6.45, 7) is 5.26. The molecule has 0 radical (unpaired) electrons. The van der Waals surface area contributed by atoms with E-state index in [4.69, 9.17) is 4.52 Å². The van der Waals surface area contributed by atoms with E-state index in [9.17, 15) is 14.9 Å². The number of nitriles is 1. The van der Waals surface area contributed by atoms with Crippen LogP contribution in [0.3, 0.4) is 0 Å². The Morgan fingerprint density at radius 2 is 2.06 bits per heavy atom. The normalized spacial score (nSPS) is 24.0. The lowest BCUT2D eigenvalue weighted by molar-refractivity contribution is -0.126. The summed E-state index contributed by atoms with van der Waals surface area (Å²) in [5.74, 6) is 0.789. The third-order valence-corrected chi connectivity index (χ3v) is 6.71. The Morgan fingerprint density at radius 3 is 2.82 bits per heavy atom. The SMILES string of the molecule is CC(C)c1noc(C2CC3C(=O)NCCCCCCN(C(=O)c4cccc(C#N)c4)C3C2)n1. The monoisotopic (exact) mass is 449 g/mol. The lowest BCUT2D eigenvalue weighted by Gasteiger charge is -2.32. The van der Waals surface area contributed by atoms with E-state index < -0.39 is 0 Å². The first kappa shape index (κ1) is 23.0. The number of hydrogen-bond acceptors (Lipinski definition) is 6. The van der Waals surface area contributed by atoms with Gasteiger partial charge in [0.15, 0.2) is 5.82 Å². The molecule has 1 aromatic heterocycles. The zero-order valence-corrected chi connectivity index (χ0v) is 19.3. The summed E-state index contributed by atoms with van der Waals surface area (Å²) in [6, 6.07) is 8.62. The van der Waals surface area contributed by atoms with E-state index in [-0.39, 0.29) is 35.6 Å². The van der Waals surface area contributed by atoms with Gasteiger partial charge < -0.3 is 14.7 Å². The smallest absolute Gasteiger partial charge is 0.254 e. The molecule has 3 unspecified atom stereocenters. The molecule has 1 aliphatic carbocycles. The van der Waals surface area contributed by atoms with E-state index in [0.29, 0.717) is 48.8 Å². The summed E-state index contributed by atoms with van der Waals surface area (Å²) >= 11 is 0. The third kappa shape index (κ3) is 5.08. The molecule has 33 heavy (non-hydrogen) atoms. The maximum atomic E-state index is 13.6. The molecule has 0 bridgehead atoms. The number of fused-ring (bicyclic) bond motifs is 1. The van der Waals surface area contributed by atoms with Crippen molar-refractivity contribution < 1.29 is 14.1 Å². The van der Waals surface area contributed by atoms with Crippen LogP contribution in [0.4, 0.5) is 0 Å². The average Bonchev–Trinajstić information content (AvgIpc) is 3.47. The second kappa shape index (κ2) is 10.2. The maximum absolute atomic E-state index is 13.6. The Bertz CT molecular complexity index is 1040. The molecule has 1 saturated heterocycles. The Morgan fingerprint density at radius 1 is 1.24 bits per heavy atom. The number of nitrogens with zero attached hydrogens (tertiary/aromatic N) is 4. The van der Waals surface area contributed by atoms with E-state index in [1.165, 1.54) is 0 Å². The number of rotatable bonds is 3. The summed E-state index contributed by atoms with van der Waals surface area (Å²) in [4.78, 5) is 33.2. The molecule has 1 aromatic carbocycles. The van der Waals surface area contributed by atoms with Crippen molar-refractivity contribution >= 4 is 11.8 Å². The van der Waals surface area contributed by atoms with Crippen molar-refractivity contribution in [3.63, 3.8) is 0 Å². The zero-order valence-electron chi connectivity index (χ0n) is 19.3. The molecule has 2 aliphatic rings. The fourth-order valence-corrected chi connectivity index (χ4v) is 4.90. The first-order valence-corrected chi connectivity index (χ1v) is 11.9. The Kier molecular flexibility index (Phi) is 7.07. The van der Waals surface area contributed by atoms with Gasteiger partial charge >= 0.3 is 0 Å². The molecule has 2 aromatic rings. The topological polar surface area (TPSA) is 112 Å². The van der Waals surface area contributed by atoms with Crippen LogP contribution in [0.5, 0.6) is 0 Å². The second-order valence-corrected chi connectivity index (χ2v) is 9.38. The van der Waals surface area contributed by atoms with Crippen LogP contribution in [-0.4, -0.2) is 46.0 Å². The highest BCUT2D eigenvalue weighted by molar-refractivity contribution is 5.95. The van der Waals surface area contributed by atoms with Gasteiger partial charge in [-0.1, -0.05) is 37.9 Å². The van der Waals surface area contributed by atoms with Crippen LogP contribution in [0.2, 0.25) is 0 Å². The summed E-state index contributed by atoms with van der Waals surface area (Å²) < 4.78 is 5.56. The average molecular weight is 450 g/mol. The minimum atomic E-state index is -0.342. The fourth-order valence-electron chi connectivity index (χ4n) is 4.90. The van der Waals surface area contributed by atoms with Gasteiger partial charge in [0.1, 0.15) is 0 Å². The Hall–Kier alpha value is -3.21. The lowest BCUT2D eigenvalue weighted by atomic mass is 9.99. The van der Waals surface area contributed by atoms with Crippen LogP contribution >= 0.6 is 0 Å². The van der Waals surface area contributed by atoms with E-state index in [1.807, 2.05) is 18.7 Å². The van der Waals surface area contributed by atoms with Crippen LogP contribution in [0.1, 0.15) is 91.8 Å². The number of carbonyl (C=O) groups excluding carboxylic acids is 2. The number of amides is 2. The van der Waals surface area contributed by atoms with Gasteiger partial charge in [0, 0.05) is 36.5 Å². The molecule has 4 rings (SSSR count). The molecule has 0 spiro atoms. The van der Waals surface area contributed by atoms with Crippen molar-refractivity contribution in [2.45, 2.75) is 70.3 Å². The van der Waals surface area contributed by atoms with Gasteiger partial charge in [-0.15, -0.1) is 0 Å². The van der Waals surface area contributed by atoms with Crippen LogP contribution < -0.4 is 5.32 Å². The van der Waals surface area contributed by atoms with E-state index in [0.717, 1.165) is 25.7 Å². The quantitative estimate of drug-likeness (QED) is 0.763. The number of benzene rings is 1. The van der Waals surface area contributed by atoms with E-state index in [1.54, 1.807) is 24.3 Å². The number of aromatic nitrogens is 2. The van der Waals surface area contributed by atoms with Gasteiger partial charge in [-0.25, -0.2) is 0 Å². The van der Waals surface area contributed by atoms with E-state index >= 15 is 0 Å². The highest BCUT2D eigenvalue weighted by atomic mass is 16.5. The van der Waals surface area contributed by atoms with Gasteiger partial charge in [0.25, 0.3) is 5.91 Å². The van der Waals surface area contributed by atoms with Gasteiger partial charge in [-0.2, -0.15) is 10.2 Å². The maximum Gasteiger partial charge on any atom is 0.254 e. The molecule has 2 heterocycles. The predicted molar refractivity (Wildman–Crippen MR) is 121 cm³/mol. The van der Waals surface area contributed by atoms with Gasteiger partial charge in [-0.05, 0) is 43.9 Å². The Labute approximate surface area is 194 Å². The molecular formula is C25H31N5O3. The summed E-state index contributed by atoms with van der Waals surface area (Å²) in [5, 5.41) is 16.4. The summed E-state index contributed by atoms with van der Waals surface area (Å²) in [7, 11) is 0. The summed E-state index contributed by atoms with van der Waals surface area (Å²) in [6.07, 6.45) is 5.00. The predicted octanol–water partition coefficient (Wildman–Crippen LogP) is 3.76. The molecule has 3 atom stereocenters. The molecule has 2 amide bonds. The number of carbonyl (C=O) groups is 2. The molecule has 1 aliphatic heterocycles. The van der Waals surface area contributed by atoms with E-state index in [2.05, 4.69) is 21.5 Å². The Balaban J connectivity index is 1.66. The number of hydrogen-bond donors (Lipinski definition) is 1. The van der Waals surface area contributed by atoms with Crippen LogP contribution in [0, 0.1) is 17.2 Å². The van der Waals surface area contributed by atoms with Crippen LogP contribution in [0.25, 0.3) is 0 Å². The van der Waals surface area contributed by atoms with Crippen molar-refractivity contribution in [2.75, 3.05) is 13.1 Å². The van der Waals surface area contributed by atoms with Crippen LogP contribution in [-0.2, 0) is 4.79 Å². The van der Waals surface area contributed by atoms with Crippen molar-refractivity contribution in [3.05, 3.63) is 47.1 Å². The number of nitrogens with one attached hydrogen (secondary N) is 1. The molecular weight excluding hydrogens is 418 g/mol. The minimum Gasteiger partial charge on any atom is -0.356 e. The molecule has 8 nitrogen and oxygen atoms in total. The fraction of sp³-hybridized carbons (Fsp3) is 0.560. The highest BCUT2D eigenvalue weighted by Gasteiger charge is 2.45. The van der Waals surface area contributed by atoms with Gasteiger partial charge in [0.2, 0.25) is 11.8 Å². The van der Waals surface area contributed by atoms with Crippen LogP contribution in [0.15, 0.2) is 28.8 Å². The molecule has 174 valence electrons. The van der Waals surface area contributed by atoms with Crippen molar-refractivity contribution in [1.29, 1.82) is 5.26 Å². The molecule has 1 saturated carbocycles. The van der Waals surface area contributed by atoms with Crippen molar-refractivity contribution in [2.24, 2.45) is 5.92 Å². The minimum absolute atomic E-state index is 0.0171. The second-order valence-electron chi connectivity index (χ2n) is 9.38. The van der Waals surface area contributed by atoms with Crippen molar-refractivity contribution in [1.82, 2.24) is 20.4 Å². The first-order chi connectivity index (χ1) is 16.0. The first-order valence-electron chi connectivity index (χ1n) is 11.9. The highest BCUT2D eigenvalue weighted by Crippen LogP contribution is 2.41. The largest absolute Gasteiger partial charge is 0.356 e. The molecule has 8 heteroatoms. The summed E-state index contributed by atoms with van der Waals surface area (Å²) in [5.41, 5.74) is 0.927. The van der Waals surface area contributed by atoms with Crippen molar-refractivity contribution in [3.8, 4) is 6.07 Å². The molecule has 2 fully saturated rings. The van der Waals surface area contributed by atoms with Gasteiger partial charge in [-0.3, -0.25) is 9.59 Å². The third-order valence-electron chi connectivity index (χ3n) is 6.71. The lowest BCUT2D eigenvalue weighted by Crippen LogP contribution is -2.47. The standard InChI is InChI=1S/C25H31N5O3/c1-16(2)22-28-24(33-29-22)19-13-20-21(14-19)30(11-6-4-3-5-10-27-23(20)31)25(32)18-9-7-8-17(12-18)15-26/h7-9,12,16,19-21H,3-6,10-11,13-14H2,1-2H3,(H,27,31).